The number of nitrogens with one attached hydrogen (secondary N) is 1. The number of halogens is 1. The monoisotopic (exact) mass is 532 g/mol. The van der Waals surface area contributed by atoms with Gasteiger partial charge in [0.15, 0.2) is 17.2 Å². The molecule has 194 valence electrons. The zero-order chi connectivity index (χ0) is 26.9. The zero-order valence-corrected chi connectivity index (χ0v) is 22.5. The molecule has 1 aromatic carbocycles. The minimum atomic E-state index is -1.12. The highest BCUT2D eigenvalue weighted by Crippen LogP contribution is 2.43. The van der Waals surface area contributed by atoms with E-state index in [2.05, 4.69) is 25.3 Å². The second-order valence-electron chi connectivity index (χ2n) is 9.82. The van der Waals surface area contributed by atoms with Gasteiger partial charge in [-0.05, 0) is 58.4 Å². The number of thiophene rings is 1. The summed E-state index contributed by atoms with van der Waals surface area (Å²) in [6.07, 6.45) is 1.92. The third kappa shape index (κ3) is 3.86. The molecule has 5 heterocycles. The van der Waals surface area contributed by atoms with Crippen molar-refractivity contribution < 1.29 is 18.8 Å². The summed E-state index contributed by atoms with van der Waals surface area (Å²) >= 11 is 1.35. The fraction of sp³-hybridized carbons (Fsp3) is 0.259. The number of aromatic amines is 1. The van der Waals surface area contributed by atoms with Crippen LogP contribution in [0.25, 0.3) is 39.2 Å². The first-order valence-electron chi connectivity index (χ1n) is 12.0. The van der Waals surface area contributed by atoms with Crippen LogP contribution in [0.5, 0.6) is 11.5 Å². The van der Waals surface area contributed by atoms with Gasteiger partial charge >= 0.3 is 0 Å². The molecule has 0 saturated heterocycles. The number of hydrogen-bond donors (Lipinski definition) is 2. The Morgan fingerprint density at radius 1 is 1.08 bits per heavy atom. The van der Waals surface area contributed by atoms with Gasteiger partial charge in [0.2, 0.25) is 11.7 Å². The van der Waals surface area contributed by atoms with Gasteiger partial charge in [-0.1, -0.05) is 11.2 Å². The van der Waals surface area contributed by atoms with Crippen molar-refractivity contribution in [1.82, 2.24) is 29.7 Å². The fourth-order valence-electron chi connectivity index (χ4n) is 4.55. The molecule has 0 aliphatic rings. The Balaban J connectivity index is 1.65. The van der Waals surface area contributed by atoms with Gasteiger partial charge in [0, 0.05) is 39.4 Å². The summed E-state index contributed by atoms with van der Waals surface area (Å²) in [7, 11) is 0. The van der Waals surface area contributed by atoms with Gasteiger partial charge in [-0.15, -0.1) is 21.5 Å². The molecule has 0 unspecified atom stereocenters. The Labute approximate surface area is 220 Å². The maximum absolute atomic E-state index is 15.0. The lowest BCUT2D eigenvalue weighted by Crippen LogP contribution is -2.15. The number of ether oxygens (including phenoxy) is 1. The predicted molar refractivity (Wildman–Crippen MR) is 142 cm³/mol. The van der Waals surface area contributed by atoms with Gasteiger partial charge in [0.05, 0.1) is 16.8 Å². The number of rotatable bonds is 5. The van der Waals surface area contributed by atoms with Crippen molar-refractivity contribution in [2.24, 2.45) is 0 Å². The van der Waals surface area contributed by atoms with Crippen LogP contribution in [0.4, 0.5) is 4.39 Å². The molecule has 38 heavy (non-hydrogen) atoms. The third-order valence-electron chi connectivity index (χ3n) is 6.55. The van der Waals surface area contributed by atoms with Crippen molar-refractivity contribution in [3.8, 4) is 34.1 Å². The average molecular weight is 533 g/mol. The molecule has 0 aliphatic carbocycles. The van der Waals surface area contributed by atoms with E-state index in [0.717, 1.165) is 15.8 Å². The molecule has 2 N–H and O–H groups in total. The number of hydrogen-bond acceptors (Lipinski definition) is 8. The molecule has 0 saturated carbocycles. The van der Waals surface area contributed by atoms with E-state index in [1.54, 1.807) is 39.8 Å². The Hall–Kier alpha value is -4.09. The Bertz CT molecular complexity index is 1860. The second kappa shape index (κ2) is 8.47. The molecule has 0 aliphatic heterocycles. The molecular weight excluding hydrogens is 507 g/mol. The van der Waals surface area contributed by atoms with Crippen molar-refractivity contribution in [3.63, 3.8) is 0 Å². The van der Waals surface area contributed by atoms with E-state index >= 15 is 0 Å². The number of aliphatic hydroxyl groups is 1. The number of fused-ring (bicyclic) bond motifs is 3. The van der Waals surface area contributed by atoms with Crippen LogP contribution in [0.15, 0.2) is 35.0 Å². The van der Waals surface area contributed by atoms with Crippen molar-refractivity contribution in [3.05, 3.63) is 63.3 Å². The first-order chi connectivity index (χ1) is 18.0. The van der Waals surface area contributed by atoms with Gasteiger partial charge in [0.1, 0.15) is 11.6 Å². The minimum absolute atomic E-state index is 0.194. The molecular formula is C27H25FN6O3S. The average Bonchev–Trinajstić information content (AvgIpc) is 3.62. The first kappa shape index (κ1) is 24.3. The maximum atomic E-state index is 15.0. The van der Waals surface area contributed by atoms with E-state index < -0.39 is 5.60 Å². The summed E-state index contributed by atoms with van der Waals surface area (Å²) in [6, 6.07) is 7.34. The number of benzene rings is 1. The highest BCUT2D eigenvalue weighted by molar-refractivity contribution is 7.12. The molecule has 6 aromatic rings. The van der Waals surface area contributed by atoms with E-state index in [0.29, 0.717) is 56.2 Å². The maximum Gasteiger partial charge on any atom is 0.223 e. The summed E-state index contributed by atoms with van der Waals surface area (Å²) in [5.41, 5.74) is 2.98. The first-order valence-corrected chi connectivity index (χ1v) is 12.8. The van der Waals surface area contributed by atoms with Crippen LogP contribution in [0, 0.1) is 33.5 Å². The van der Waals surface area contributed by atoms with Crippen LogP contribution in [-0.4, -0.2) is 34.8 Å². The highest BCUT2D eigenvalue weighted by atomic mass is 32.1. The molecule has 0 fully saturated rings. The van der Waals surface area contributed by atoms with Crippen molar-refractivity contribution in [2.75, 3.05) is 0 Å². The molecule has 6 rings (SSSR count). The van der Waals surface area contributed by atoms with Crippen LogP contribution >= 0.6 is 11.3 Å². The topological polar surface area (TPSA) is 114 Å². The lowest BCUT2D eigenvalue weighted by Gasteiger charge is -2.21. The summed E-state index contributed by atoms with van der Waals surface area (Å²) < 4.78 is 28.3. The summed E-state index contributed by atoms with van der Waals surface area (Å²) in [5, 5.41) is 24.3. The third-order valence-corrected chi connectivity index (χ3v) is 7.52. The predicted octanol–water partition coefficient (Wildman–Crippen LogP) is 6.38. The largest absolute Gasteiger partial charge is 0.452 e. The van der Waals surface area contributed by atoms with Crippen LogP contribution < -0.4 is 4.74 Å². The van der Waals surface area contributed by atoms with Gasteiger partial charge in [-0.2, -0.15) is 4.98 Å². The minimum Gasteiger partial charge on any atom is -0.452 e. The number of aryl methyl sites for hydroxylation is 4. The molecule has 0 spiro atoms. The van der Waals surface area contributed by atoms with E-state index in [1.807, 2.05) is 36.6 Å². The molecule has 0 bridgehead atoms. The molecule has 0 amide bonds. The smallest absolute Gasteiger partial charge is 0.223 e. The Morgan fingerprint density at radius 3 is 2.53 bits per heavy atom. The lowest BCUT2D eigenvalue weighted by atomic mass is 9.93. The summed E-state index contributed by atoms with van der Waals surface area (Å²) in [4.78, 5) is 9.02. The quantitative estimate of drug-likeness (QED) is 0.265. The second-order valence-corrected chi connectivity index (χ2v) is 11.3. The standard InChI is InChI=1S/C27H25FN6O3S/c1-12-22(28)24(13(2)38-12)36-21-8-7-16(27(5,6)35)9-17(21)19-11-34-14(3)31-32-26(34)23-18(19)10-20(30-23)25-29-15(4)37-33-25/h7-11,30,35H,1-6H3. The van der Waals surface area contributed by atoms with Crippen LogP contribution in [-0.2, 0) is 5.60 Å². The van der Waals surface area contributed by atoms with Crippen molar-refractivity contribution in [2.45, 2.75) is 47.1 Å². The van der Waals surface area contributed by atoms with E-state index in [-0.39, 0.29) is 11.6 Å². The molecule has 0 radical (unpaired) electrons. The molecule has 9 nitrogen and oxygen atoms in total. The van der Waals surface area contributed by atoms with Gasteiger partial charge in [-0.25, -0.2) is 4.39 Å². The number of nitrogens with zero attached hydrogens (tertiary/aromatic N) is 5. The highest BCUT2D eigenvalue weighted by Gasteiger charge is 2.24. The molecule has 5 aromatic heterocycles. The number of pyridine rings is 1. The van der Waals surface area contributed by atoms with Crippen molar-refractivity contribution in [1.29, 1.82) is 0 Å². The van der Waals surface area contributed by atoms with Gasteiger partial charge in [-0.3, -0.25) is 4.40 Å². The molecule has 11 heteroatoms. The number of aromatic nitrogens is 6. The summed E-state index contributed by atoms with van der Waals surface area (Å²) in [6.45, 7) is 10.6. The Morgan fingerprint density at radius 2 is 1.87 bits per heavy atom. The Kier molecular flexibility index (Phi) is 5.41. The zero-order valence-electron chi connectivity index (χ0n) is 21.7. The van der Waals surface area contributed by atoms with Crippen LogP contribution in [0.3, 0.4) is 0 Å². The van der Waals surface area contributed by atoms with E-state index in [9.17, 15) is 9.50 Å². The van der Waals surface area contributed by atoms with E-state index in [1.165, 1.54) is 11.3 Å². The van der Waals surface area contributed by atoms with Crippen LogP contribution in [0.1, 0.15) is 40.9 Å². The van der Waals surface area contributed by atoms with Gasteiger partial charge < -0.3 is 19.4 Å². The molecule has 0 atom stereocenters. The normalized spacial score (nSPS) is 12.2. The SMILES string of the molecule is Cc1nc(-c2cc3c(-c4cc(C(C)(C)O)ccc4Oc4c(C)sc(C)c4F)cn4c(C)nnc4c3[nH]2)no1. The number of H-pyrrole nitrogens is 1. The van der Waals surface area contributed by atoms with Crippen LogP contribution in [0.2, 0.25) is 0 Å². The lowest BCUT2D eigenvalue weighted by molar-refractivity contribution is 0.0786. The van der Waals surface area contributed by atoms with Gasteiger partial charge in [0.25, 0.3) is 0 Å². The fourth-order valence-corrected chi connectivity index (χ4v) is 5.42. The van der Waals surface area contributed by atoms with Crippen molar-refractivity contribution >= 4 is 27.9 Å². The van der Waals surface area contributed by atoms with E-state index in [4.69, 9.17) is 9.26 Å². The summed E-state index contributed by atoms with van der Waals surface area (Å²) in [5.74, 6) is 1.80.